The van der Waals surface area contributed by atoms with E-state index in [1.165, 1.54) is 37.4 Å². The monoisotopic (exact) mass is 355 g/mol. The van der Waals surface area contributed by atoms with Gasteiger partial charge >= 0.3 is 0 Å². The molecule has 1 atom stereocenters. The Labute approximate surface area is 147 Å². The number of thioether (sulfide) groups is 1. The highest BCUT2D eigenvalue weighted by molar-refractivity contribution is 8.00. The molecule has 1 fully saturated rings. The lowest BCUT2D eigenvalue weighted by Gasteiger charge is -2.30. The first-order valence-electron chi connectivity index (χ1n) is 8.78. The van der Waals surface area contributed by atoms with Crippen LogP contribution in [0.15, 0.2) is 5.16 Å². The van der Waals surface area contributed by atoms with Gasteiger partial charge in [0.2, 0.25) is 17.0 Å². The van der Waals surface area contributed by atoms with Crippen LogP contribution in [-0.4, -0.2) is 46.1 Å². The molecule has 24 heavy (non-hydrogen) atoms. The maximum atomic E-state index is 12.6. The van der Waals surface area contributed by atoms with Crippen LogP contribution >= 0.6 is 11.8 Å². The molecule has 1 saturated carbocycles. The van der Waals surface area contributed by atoms with Crippen molar-refractivity contribution in [1.82, 2.24) is 20.5 Å². The van der Waals surface area contributed by atoms with Crippen molar-refractivity contribution in [3.8, 4) is 0 Å². The number of amides is 1. The van der Waals surface area contributed by atoms with Gasteiger partial charge in [-0.25, -0.2) is 5.10 Å². The molecule has 1 aliphatic carbocycles. The van der Waals surface area contributed by atoms with E-state index in [-0.39, 0.29) is 22.5 Å². The third kappa shape index (κ3) is 5.37. The number of carbonyl (C=O) groups is 1. The normalized spacial score (nSPS) is 17.8. The quantitative estimate of drug-likeness (QED) is 0.439. The second-order valence-corrected chi connectivity index (χ2v) is 7.56. The van der Waals surface area contributed by atoms with Gasteiger partial charge in [-0.2, -0.15) is 4.98 Å². The molecule has 1 heterocycles. The van der Waals surface area contributed by atoms with Crippen molar-refractivity contribution in [2.24, 2.45) is 5.41 Å². The summed E-state index contributed by atoms with van der Waals surface area (Å²) >= 11 is 1.35. The summed E-state index contributed by atoms with van der Waals surface area (Å²) in [5, 5.41) is 10.1. The number of carbonyl (C=O) groups excluding carboxylic acids is 1. The highest BCUT2D eigenvalue weighted by Crippen LogP contribution is 2.40. The van der Waals surface area contributed by atoms with Crippen LogP contribution in [0, 0.1) is 5.41 Å². The number of H-pyrrole nitrogens is 1. The van der Waals surface area contributed by atoms with Gasteiger partial charge in [-0.05, 0) is 38.0 Å². The summed E-state index contributed by atoms with van der Waals surface area (Å²) in [4.78, 5) is 16.6. The molecule has 1 amide bonds. The minimum absolute atomic E-state index is 0.0496. The fraction of sp³-hybridized carbons (Fsp3) is 0.812. The maximum Gasteiger partial charge on any atom is 0.233 e. The lowest BCUT2D eigenvalue weighted by Crippen LogP contribution is -2.40. The molecule has 8 heteroatoms. The van der Waals surface area contributed by atoms with Crippen LogP contribution in [0.2, 0.25) is 0 Å². The molecule has 7 nitrogen and oxygen atoms in total. The number of hydrogen-bond acceptors (Lipinski definition) is 6. The van der Waals surface area contributed by atoms with Gasteiger partial charge < -0.3 is 15.8 Å². The molecule has 0 aromatic carbocycles. The standard InChI is InChI=1S/C16H29N5O2S/c1-3-12(24-15-19-14(17)20-21-15)13(22)18-11-16(7-5-6-8-16)9-10-23-4-2/h12H,3-11H2,1-2H3,(H,18,22)(H3,17,19,20,21)/t12-/m0/s1. The van der Waals surface area contributed by atoms with Crippen LogP contribution in [0.1, 0.15) is 52.4 Å². The van der Waals surface area contributed by atoms with Gasteiger partial charge in [0, 0.05) is 19.8 Å². The lowest BCUT2D eigenvalue weighted by atomic mass is 9.83. The summed E-state index contributed by atoms with van der Waals surface area (Å²) in [5.74, 6) is 0.321. The molecule has 4 N–H and O–H groups in total. The molecule has 136 valence electrons. The van der Waals surface area contributed by atoms with E-state index in [4.69, 9.17) is 10.5 Å². The van der Waals surface area contributed by atoms with E-state index >= 15 is 0 Å². The molecule has 1 aromatic heterocycles. The van der Waals surface area contributed by atoms with Crippen molar-refractivity contribution in [2.45, 2.75) is 62.8 Å². The van der Waals surface area contributed by atoms with E-state index in [1.54, 1.807) is 0 Å². The van der Waals surface area contributed by atoms with Crippen molar-refractivity contribution in [3.05, 3.63) is 0 Å². The number of rotatable bonds is 10. The Balaban J connectivity index is 1.86. The topological polar surface area (TPSA) is 106 Å². The Morgan fingerprint density at radius 3 is 2.79 bits per heavy atom. The van der Waals surface area contributed by atoms with Crippen molar-refractivity contribution in [3.63, 3.8) is 0 Å². The molecule has 0 unspecified atom stereocenters. The summed E-state index contributed by atoms with van der Waals surface area (Å²) in [7, 11) is 0. The van der Waals surface area contributed by atoms with Crippen LogP contribution in [0.25, 0.3) is 0 Å². The zero-order valence-electron chi connectivity index (χ0n) is 14.6. The zero-order valence-corrected chi connectivity index (χ0v) is 15.5. The zero-order chi connectivity index (χ0) is 17.4. The number of aromatic amines is 1. The molecule has 2 rings (SSSR count). The van der Waals surface area contributed by atoms with E-state index in [0.29, 0.717) is 5.16 Å². The average Bonchev–Trinajstić information content (AvgIpc) is 3.20. The number of nitrogens with two attached hydrogens (primary N) is 1. The van der Waals surface area contributed by atoms with Crippen LogP contribution < -0.4 is 11.1 Å². The molecule has 0 spiro atoms. The fourth-order valence-corrected chi connectivity index (χ4v) is 4.08. The fourth-order valence-electron chi connectivity index (χ4n) is 3.22. The van der Waals surface area contributed by atoms with Gasteiger partial charge in [0.15, 0.2) is 0 Å². The van der Waals surface area contributed by atoms with Crippen LogP contribution in [-0.2, 0) is 9.53 Å². The first-order valence-corrected chi connectivity index (χ1v) is 9.66. The highest BCUT2D eigenvalue weighted by atomic mass is 32.2. The van der Waals surface area contributed by atoms with Crippen molar-refractivity contribution in [1.29, 1.82) is 0 Å². The largest absolute Gasteiger partial charge is 0.382 e. The Morgan fingerprint density at radius 1 is 1.46 bits per heavy atom. The van der Waals surface area contributed by atoms with E-state index in [1.807, 2.05) is 13.8 Å². The van der Waals surface area contributed by atoms with Crippen LogP contribution in [0.4, 0.5) is 5.95 Å². The third-order valence-corrected chi connectivity index (χ3v) is 5.90. The Kier molecular flexibility index (Phi) is 7.36. The molecular weight excluding hydrogens is 326 g/mol. The molecule has 0 saturated heterocycles. The highest BCUT2D eigenvalue weighted by Gasteiger charge is 2.34. The third-order valence-electron chi connectivity index (χ3n) is 4.68. The van der Waals surface area contributed by atoms with E-state index in [0.717, 1.165) is 32.6 Å². The summed E-state index contributed by atoms with van der Waals surface area (Å²) < 4.78 is 5.53. The van der Waals surface area contributed by atoms with Gasteiger partial charge in [-0.15, -0.1) is 5.10 Å². The molecule has 0 bridgehead atoms. The lowest BCUT2D eigenvalue weighted by molar-refractivity contribution is -0.121. The number of nitrogens with one attached hydrogen (secondary N) is 2. The maximum absolute atomic E-state index is 12.6. The second kappa shape index (κ2) is 9.27. The van der Waals surface area contributed by atoms with E-state index in [2.05, 4.69) is 20.5 Å². The average molecular weight is 356 g/mol. The van der Waals surface area contributed by atoms with Crippen molar-refractivity contribution < 1.29 is 9.53 Å². The smallest absolute Gasteiger partial charge is 0.233 e. The second-order valence-electron chi connectivity index (χ2n) is 6.39. The van der Waals surface area contributed by atoms with Gasteiger partial charge in [0.05, 0.1) is 5.25 Å². The number of nitrogens with zero attached hydrogens (tertiary/aromatic N) is 2. The summed E-state index contributed by atoms with van der Waals surface area (Å²) in [6, 6.07) is 0. The first kappa shape index (κ1) is 19.1. The summed E-state index contributed by atoms with van der Waals surface area (Å²) in [6.07, 6.45) is 6.55. The SMILES string of the molecule is CCOCCC1(CNC(=O)[C@H](CC)Sc2n[nH]c(N)n2)CCCC1. The molecular formula is C16H29N5O2S. The Hall–Kier alpha value is -1.28. The number of anilines is 1. The van der Waals surface area contributed by atoms with Crippen LogP contribution in [0.5, 0.6) is 0 Å². The molecule has 0 radical (unpaired) electrons. The number of ether oxygens (including phenoxy) is 1. The number of hydrogen-bond donors (Lipinski definition) is 3. The summed E-state index contributed by atoms with van der Waals surface area (Å²) in [5.41, 5.74) is 5.73. The van der Waals surface area contributed by atoms with Gasteiger partial charge in [0.25, 0.3) is 0 Å². The predicted octanol–water partition coefficient (Wildman–Crippen LogP) is 2.36. The van der Waals surface area contributed by atoms with Gasteiger partial charge in [-0.1, -0.05) is 31.5 Å². The summed E-state index contributed by atoms with van der Waals surface area (Å²) in [6.45, 7) is 6.26. The predicted molar refractivity (Wildman–Crippen MR) is 95.8 cm³/mol. The number of nitrogen functional groups attached to an aromatic ring is 1. The van der Waals surface area contributed by atoms with E-state index < -0.39 is 0 Å². The van der Waals surface area contributed by atoms with Crippen molar-refractivity contribution in [2.75, 3.05) is 25.5 Å². The minimum Gasteiger partial charge on any atom is -0.382 e. The molecule has 1 aliphatic rings. The Bertz CT molecular complexity index is 516. The van der Waals surface area contributed by atoms with Crippen LogP contribution in [0.3, 0.4) is 0 Å². The van der Waals surface area contributed by atoms with Gasteiger partial charge in [0.1, 0.15) is 0 Å². The van der Waals surface area contributed by atoms with Gasteiger partial charge in [-0.3, -0.25) is 4.79 Å². The van der Waals surface area contributed by atoms with Crippen molar-refractivity contribution >= 4 is 23.6 Å². The Morgan fingerprint density at radius 2 is 2.21 bits per heavy atom. The number of aromatic nitrogens is 3. The van der Waals surface area contributed by atoms with E-state index in [9.17, 15) is 4.79 Å². The minimum atomic E-state index is -0.203. The first-order chi connectivity index (χ1) is 11.6. The molecule has 0 aliphatic heterocycles. The molecule has 1 aromatic rings.